The van der Waals surface area contributed by atoms with Crippen LogP contribution in [0.2, 0.25) is 0 Å². The lowest BCUT2D eigenvalue weighted by Crippen LogP contribution is -2.01. The van der Waals surface area contributed by atoms with E-state index in [1.165, 1.54) is 18.3 Å². The van der Waals surface area contributed by atoms with Gasteiger partial charge in [0, 0.05) is 18.0 Å². The molecule has 1 saturated carbocycles. The van der Waals surface area contributed by atoms with E-state index in [0.717, 1.165) is 31.4 Å². The molecule has 0 amide bonds. The SMILES string of the molecule is O=[N+]([O-])c1cccnc1NN=C1CCCC1. The lowest BCUT2D eigenvalue weighted by Gasteiger charge is -2.01. The third kappa shape index (κ3) is 2.33. The van der Waals surface area contributed by atoms with Crippen LogP contribution < -0.4 is 5.43 Å². The van der Waals surface area contributed by atoms with E-state index in [1.54, 1.807) is 0 Å². The summed E-state index contributed by atoms with van der Waals surface area (Å²) in [5.41, 5.74) is 3.68. The van der Waals surface area contributed by atoms with Gasteiger partial charge in [-0.25, -0.2) is 4.98 Å². The summed E-state index contributed by atoms with van der Waals surface area (Å²) in [5.74, 6) is 0.201. The highest BCUT2D eigenvalue weighted by Gasteiger charge is 2.14. The number of aromatic nitrogens is 1. The van der Waals surface area contributed by atoms with Gasteiger partial charge in [0.05, 0.1) is 4.92 Å². The van der Waals surface area contributed by atoms with E-state index in [0.29, 0.717) is 0 Å². The fraction of sp³-hybridized carbons (Fsp3) is 0.400. The lowest BCUT2D eigenvalue weighted by atomic mass is 10.3. The van der Waals surface area contributed by atoms with Crippen molar-refractivity contribution < 1.29 is 4.92 Å². The lowest BCUT2D eigenvalue weighted by molar-refractivity contribution is -0.384. The largest absolute Gasteiger partial charge is 0.313 e. The Morgan fingerprint density at radius 2 is 2.19 bits per heavy atom. The average molecular weight is 220 g/mol. The van der Waals surface area contributed by atoms with Crippen molar-refractivity contribution in [3.63, 3.8) is 0 Å². The summed E-state index contributed by atoms with van der Waals surface area (Å²) in [6, 6.07) is 2.94. The highest BCUT2D eigenvalue weighted by Crippen LogP contribution is 2.21. The van der Waals surface area contributed by atoms with Gasteiger partial charge in [-0.05, 0) is 31.7 Å². The molecule has 1 aliphatic rings. The maximum Gasteiger partial charge on any atom is 0.313 e. The van der Waals surface area contributed by atoms with E-state index in [2.05, 4.69) is 15.5 Å². The van der Waals surface area contributed by atoms with Gasteiger partial charge in [-0.15, -0.1) is 0 Å². The first-order valence-corrected chi connectivity index (χ1v) is 5.18. The molecule has 0 unspecified atom stereocenters. The van der Waals surface area contributed by atoms with E-state index >= 15 is 0 Å². The van der Waals surface area contributed by atoms with Gasteiger partial charge < -0.3 is 0 Å². The Labute approximate surface area is 92.5 Å². The monoisotopic (exact) mass is 220 g/mol. The van der Waals surface area contributed by atoms with Crippen LogP contribution in [0, 0.1) is 10.1 Å². The minimum absolute atomic E-state index is 0.0511. The molecule has 1 N–H and O–H groups in total. The summed E-state index contributed by atoms with van der Waals surface area (Å²) >= 11 is 0. The zero-order chi connectivity index (χ0) is 11.4. The second kappa shape index (κ2) is 4.69. The molecule has 0 aromatic carbocycles. The van der Waals surface area contributed by atoms with Crippen molar-refractivity contribution in [3.05, 3.63) is 28.4 Å². The molecule has 6 heteroatoms. The van der Waals surface area contributed by atoms with Crippen LogP contribution >= 0.6 is 0 Å². The van der Waals surface area contributed by atoms with Crippen LogP contribution in [0.15, 0.2) is 23.4 Å². The van der Waals surface area contributed by atoms with Crippen LogP contribution in [0.5, 0.6) is 0 Å². The van der Waals surface area contributed by atoms with Crippen molar-refractivity contribution in [2.45, 2.75) is 25.7 Å². The van der Waals surface area contributed by atoms with Crippen LogP contribution in [-0.2, 0) is 0 Å². The number of hydrazone groups is 1. The van der Waals surface area contributed by atoms with E-state index in [4.69, 9.17) is 0 Å². The highest BCUT2D eigenvalue weighted by molar-refractivity contribution is 5.86. The summed E-state index contributed by atoms with van der Waals surface area (Å²) in [7, 11) is 0. The Hall–Kier alpha value is -1.98. The second-order valence-corrected chi connectivity index (χ2v) is 3.63. The molecule has 2 rings (SSSR count). The predicted molar refractivity (Wildman–Crippen MR) is 60.4 cm³/mol. The maximum atomic E-state index is 10.7. The van der Waals surface area contributed by atoms with Crippen LogP contribution in [0.4, 0.5) is 11.5 Å². The Kier molecular flexibility index (Phi) is 3.09. The van der Waals surface area contributed by atoms with Crippen molar-refractivity contribution >= 4 is 17.2 Å². The van der Waals surface area contributed by atoms with Crippen LogP contribution in [-0.4, -0.2) is 15.6 Å². The van der Waals surface area contributed by atoms with Crippen LogP contribution in [0.3, 0.4) is 0 Å². The minimum Gasteiger partial charge on any atom is -0.258 e. The quantitative estimate of drug-likeness (QED) is 0.626. The standard InChI is InChI=1S/C10H12N4O2/c15-14(16)9-6-3-7-11-10(9)13-12-8-4-1-2-5-8/h3,6-7H,1-2,4-5H2,(H,11,13). The molecule has 1 fully saturated rings. The Balaban J connectivity index is 2.14. The van der Waals surface area contributed by atoms with Crippen molar-refractivity contribution in [1.29, 1.82) is 0 Å². The zero-order valence-electron chi connectivity index (χ0n) is 8.72. The Bertz CT molecular complexity index is 423. The zero-order valence-corrected chi connectivity index (χ0v) is 8.72. The molecule has 84 valence electrons. The fourth-order valence-electron chi connectivity index (χ4n) is 1.66. The molecule has 1 aliphatic carbocycles. The summed E-state index contributed by atoms with van der Waals surface area (Å²) < 4.78 is 0. The normalized spacial score (nSPS) is 14.9. The van der Waals surface area contributed by atoms with Gasteiger partial charge in [0.2, 0.25) is 5.82 Å². The van der Waals surface area contributed by atoms with Crippen LogP contribution in [0.25, 0.3) is 0 Å². The first-order valence-electron chi connectivity index (χ1n) is 5.18. The van der Waals surface area contributed by atoms with Gasteiger partial charge in [-0.1, -0.05) is 0 Å². The number of nitrogens with one attached hydrogen (secondary N) is 1. The van der Waals surface area contributed by atoms with Gasteiger partial charge in [-0.2, -0.15) is 5.10 Å². The molecule has 0 bridgehead atoms. The van der Waals surface area contributed by atoms with Crippen molar-refractivity contribution in [1.82, 2.24) is 4.98 Å². The average Bonchev–Trinajstić information content (AvgIpc) is 2.79. The molecular weight excluding hydrogens is 208 g/mol. The van der Waals surface area contributed by atoms with Gasteiger partial charge >= 0.3 is 5.69 Å². The number of hydrogen-bond acceptors (Lipinski definition) is 5. The van der Waals surface area contributed by atoms with Crippen molar-refractivity contribution in [3.8, 4) is 0 Å². The molecule has 6 nitrogen and oxygen atoms in total. The molecule has 1 aromatic rings. The smallest absolute Gasteiger partial charge is 0.258 e. The number of nitrogens with zero attached hydrogens (tertiary/aromatic N) is 3. The number of pyridine rings is 1. The third-order valence-corrected chi connectivity index (χ3v) is 2.48. The minimum atomic E-state index is -0.468. The second-order valence-electron chi connectivity index (χ2n) is 3.63. The first kappa shape index (κ1) is 10.5. The number of nitro groups is 1. The highest BCUT2D eigenvalue weighted by atomic mass is 16.6. The molecule has 0 saturated heterocycles. The topological polar surface area (TPSA) is 80.4 Å². The van der Waals surface area contributed by atoms with Crippen LogP contribution in [0.1, 0.15) is 25.7 Å². The van der Waals surface area contributed by atoms with E-state index in [9.17, 15) is 10.1 Å². The number of rotatable bonds is 3. The summed E-state index contributed by atoms with van der Waals surface area (Å²) in [6.45, 7) is 0. The first-order chi connectivity index (χ1) is 7.77. The fourth-order valence-corrected chi connectivity index (χ4v) is 1.66. The van der Waals surface area contributed by atoms with E-state index in [1.807, 2.05) is 0 Å². The van der Waals surface area contributed by atoms with Crippen molar-refractivity contribution in [2.75, 3.05) is 5.43 Å². The number of hydrogen-bond donors (Lipinski definition) is 1. The molecule has 0 aliphatic heterocycles. The molecule has 1 heterocycles. The van der Waals surface area contributed by atoms with E-state index in [-0.39, 0.29) is 11.5 Å². The van der Waals surface area contributed by atoms with E-state index < -0.39 is 4.92 Å². The molecule has 16 heavy (non-hydrogen) atoms. The molecule has 0 atom stereocenters. The third-order valence-electron chi connectivity index (χ3n) is 2.48. The molecule has 1 aromatic heterocycles. The summed E-state index contributed by atoms with van der Waals surface area (Å²) in [6.07, 6.45) is 5.72. The van der Waals surface area contributed by atoms with Gasteiger partial charge in [0.15, 0.2) is 0 Å². The molecule has 0 spiro atoms. The number of anilines is 1. The maximum absolute atomic E-state index is 10.7. The van der Waals surface area contributed by atoms with Gasteiger partial charge in [-0.3, -0.25) is 15.5 Å². The Morgan fingerprint density at radius 3 is 2.88 bits per heavy atom. The van der Waals surface area contributed by atoms with Crippen molar-refractivity contribution in [2.24, 2.45) is 5.10 Å². The summed E-state index contributed by atoms with van der Waals surface area (Å²) in [4.78, 5) is 14.1. The Morgan fingerprint density at radius 1 is 1.44 bits per heavy atom. The van der Waals surface area contributed by atoms with Gasteiger partial charge in [0.25, 0.3) is 0 Å². The predicted octanol–water partition coefficient (Wildman–Crippen LogP) is 2.33. The van der Waals surface area contributed by atoms with Gasteiger partial charge in [0.1, 0.15) is 0 Å². The summed E-state index contributed by atoms with van der Waals surface area (Å²) in [5, 5.41) is 14.8. The molecular formula is C10H12N4O2. The molecule has 0 radical (unpaired) electrons.